The van der Waals surface area contributed by atoms with Gasteiger partial charge in [-0.15, -0.1) is 0 Å². The third kappa shape index (κ3) is 3.69. The molecular weight excluding hydrogens is 331 g/mol. The fourth-order valence-electron chi connectivity index (χ4n) is 2.57. The highest BCUT2D eigenvalue weighted by Crippen LogP contribution is 2.28. The fraction of sp³-hybridized carbons (Fsp3) is 0.235. The summed E-state index contributed by atoms with van der Waals surface area (Å²) in [6.07, 6.45) is 0.145. The normalized spacial score (nSPS) is 12.5. The van der Waals surface area contributed by atoms with Crippen LogP contribution in [-0.2, 0) is 0 Å². The van der Waals surface area contributed by atoms with Crippen molar-refractivity contribution in [3.05, 3.63) is 59.8 Å². The van der Waals surface area contributed by atoms with Gasteiger partial charge in [0, 0.05) is 12.7 Å². The van der Waals surface area contributed by atoms with Crippen LogP contribution in [0.4, 0.5) is 19.0 Å². The van der Waals surface area contributed by atoms with Crippen molar-refractivity contribution in [1.29, 1.82) is 0 Å². The van der Waals surface area contributed by atoms with Crippen molar-refractivity contribution in [3.63, 3.8) is 0 Å². The van der Waals surface area contributed by atoms with E-state index in [0.29, 0.717) is 29.0 Å². The molecule has 2 heterocycles. The summed E-state index contributed by atoms with van der Waals surface area (Å²) in [6.45, 7) is 0.423. The van der Waals surface area contributed by atoms with Gasteiger partial charge in [0.05, 0.1) is 17.1 Å². The van der Waals surface area contributed by atoms with Crippen LogP contribution in [0.3, 0.4) is 0 Å². The van der Waals surface area contributed by atoms with Gasteiger partial charge >= 0.3 is 0 Å². The number of rotatable bonds is 6. The summed E-state index contributed by atoms with van der Waals surface area (Å²) in [5.74, 6) is -0.440. The van der Waals surface area contributed by atoms with Crippen LogP contribution in [0.5, 0.6) is 0 Å². The van der Waals surface area contributed by atoms with E-state index in [0.717, 1.165) is 6.07 Å². The van der Waals surface area contributed by atoms with Crippen LogP contribution in [0.25, 0.3) is 11.0 Å². The number of alkyl halides is 2. The first kappa shape index (κ1) is 17.1. The lowest BCUT2D eigenvalue weighted by Gasteiger charge is -2.21. The molecule has 130 valence electrons. The number of halogens is 3. The van der Waals surface area contributed by atoms with Crippen molar-refractivity contribution in [2.75, 3.05) is 18.9 Å². The number of nitrogens with one attached hydrogen (secondary N) is 2. The van der Waals surface area contributed by atoms with E-state index >= 15 is 0 Å². The standard InChI is InChI=1S/C17H16F3N5/c1-21-8-14(10-4-5-12(18)11(7-10)16(19)20)25-17-15-13(23-9-24-17)3-2-6-22-15/h2-7,9,14,16,21H,8H2,1H3,(H,23,24,25). The second-order valence-electron chi connectivity index (χ2n) is 5.43. The lowest BCUT2D eigenvalue weighted by molar-refractivity contribution is 0.146. The van der Waals surface area contributed by atoms with E-state index in [9.17, 15) is 13.2 Å². The van der Waals surface area contributed by atoms with Gasteiger partial charge in [0.25, 0.3) is 6.43 Å². The van der Waals surface area contributed by atoms with Crippen molar-refractivity contribution < 1.29 is 13.2 Å². The summed E-state index contributed by atoms with van der Waals surface area (Å²) in [5, 5.41) is 6.17. The largest absolute Gasteiger partial charge is 0.360 e. The molecule has 0 amide bonds. The Balaban J connectivity index is 1.98. The molecule has 0 aliphatic rings. The average molecular weight is 347 g/mol. The average Bonchev–Trinajstić information content (AvgIpc) is 2.62. The fourth-order valence-corrected chi connectivity index (χ4v) is 2.57. The molecule has 8 heteroatoms. The number of benzene rings is 1. The Kier molecular flexibility index (Phi) is 5.08. The summed E-state index contributed by atoms with van der Waals surface area (Å²) < 4.78 is 39.5. The van der Waals surface area contributed by atoms with Gasteiger partial charge in [0.1, 0.15) is 17.7 Å². The van der Waals surface area contributed by atoms with Gasteiger partial charge in [-0.2, -0.15) is 0 Å². The van der Waals surface area contributed by atoms with Crippen LogP contribution in [0.15, 0.2) is 42.9 Å². The summed E-state index contributed by atoms with van der Waals surface area (Å²) in [6, 6.07) is 6.87. The second-order valence-corrected chi connectivity index (χ2v) is 5.43. The summed E-state index contributed by atoms with van der Waals surface area (Å²) >= 11 is 0. The van der Waals surface area contributed by atoms with E-state index in [1.807, 2.05) is 0 Å². The highest BCUT2D eigenvalue weighted by Gasteiger charge is 2.19. The lowest BCUT2D eigenvalue weighted by atomic mass is 10.0. The highest BCUT2D eigenvalue weighted by atomic mass is 19.3. The number of hydrogen-bond donors (Lipinski definition) is 2. The highest BCUT2D eigenvalue weighted by molar-refractivity contribution is 5.84. The monoisotopic (exact) mass is 347 g/mol. The van der Waals surface area contributed by atoms with Gasteiger partial charge in [-0.05, 0) is 36.9 Å². The lowest BCUT2D eigenvalue weighted by Crippen LogP contribution is -2.24. The first-order chi connectivity index (χ1) is 12.1. The third-order valence-electron chi connectivity index (χ3n) is 3.77. The second kappa shape index (κ2) is 7.43. The van der Waals surface area contributed by atoms with Crippen LogP contribution in [0, 0.1) is 5.82 Å². The van der Waals surface area contributed by atoms with Crippen molar-refractivity contribution in [2.24, 2.45) is 0 Å². The molecule has 2 N–H and O–H groups in total. The van der Waals surface area contributed by atoms with Gasteiger partial charge in [-0.25, -0.2) is 23.1 Å². The zero-order chi connectivity index (χ0) is 17.8. The summed E-state index contributed by atoms with van der Waals surface area (Å²) in [5.41, 5.74) is 1.14. The zero-order valence-corrected chi connectivity index (χ0v) is 13.4. The van der Waals surface area contributed by atoms with Crippen molar-refractivity contribution in [3.8, 4) is 0 Å². The topological polar surface area (TPSA) is 62.7 Å². The maximum Gasteiger partial charge on any atom is 0.266 e. The Morgan fingerprint density at radius 2 is 1.96 bits per heavy atom. The van der Waals surface area contributed by atoms with Gasteiger partial charge < -0.3 is 10.6 Å². The van der Waals surface area contributed by atoms with Crippen LogP contribution >= 0.6 is 0 Å². The van der Waals surface area contributed by atoms with Gasteiger partial charge in [-0.3, -0.25) is 4.98 Å². The first-order valence-corrected chi connectivity index (χ1v) is 7.64. The van der Waals surface area contributed by atoms with Crippen molar-refractivity contribution >= 4 is 16.9 Å². The molecule has 2 aromatic heterocycles. The van der Waals surface area contributed by atoms with Crippen LogP contribution in [0.1, 0.15) is 23.6 Å². The Bertz CT molecular complexity index is 867. The number of anilines is 1. The van der Waals surface area contributed by atoms with Crippen molar-refractivity contribution in [1.82, 2.24) is 20.3 Å². The van der Waals surface area contributed by atoms with E-state index in [1.54, 1.807) is 25.4 Å². The number of hydrogen-bond acceptors (Lipinski definition) is 5. The predicted octanol–water partition coefficient (Wildman–Crippen LogP) is 3.47. The number of pyridine rings is 1. The molecule has 0 aliphatic heterocycles. The zero-order valence-electron chi connectivity index (χ0n) is 13.4. The van der Waals surface area contributed by atoms with Crippen LogP contribution in [0.2, 0.25) is 0 Å². The molecule has 0 spiro atoms. The van der Waals surface area contributed by atoms with Gasteiger partial charge in [0.15, 0.2) is 5.82 Å². The Hall–Kier alpha value is -2.74. The quantitative estimate of drug-likeness (QED) is 0.715. The van der Waals surface area contributed by atoms with E-state index in [-0.39, 0.29) is 0 Å². The van der Waals surface area contributed by atoms with E-state index in [4.69, 9.17) is 0 Å². The Morgan fingerprint density at radius 1 is 1.12 bits per heavy atom. The Labute approximate surface area is 142 Å². The molecule has 0 fully saturated rings. The molecule has 0 aliphatic carbocycles. The maximum atomic E-state index is 13.6. The number of fused-ring (bicyclic) bond motifs is 1. The number of nitrogens with zero attached hydrogens (tertiary/aromatic N) is 3. The van der Waals surface area contributed by atoms with E-state index in [1.165, 1.54) is 18.5 Å². The summed E-state index contributed by atoms with van der Waals surface area (Å²) in [4.78, 5) is 12.6. The minimum absolute atomic E-state index is 0.400. The Morgan fingerprint density at radius 3 is 2.72 bits per heavy atom. The first-order valence-electron chi connectivity index (χ1n) is 7.64. The van der Waals surface area contributed by atoms with Crippen LogP contribution in [-0.4, -0.2) is 28.5 Å². The molecule has 0 saturated heterocycles. The van der Waals surface area contributed by atoms with Crippen LogP contribution < -0.4 is 10.6 Å². The molecule has 3 aromatic rings. The summed E-state index contributed by atoms with van der Waals surface area (Å²) in [7, 11) is 1.74. The van der Waals surface area contributed by atoms with Crippen molar-refractivity contribution in [2.45, 2.75) is 12.5 Å². The van der Waals surface area contributed by atoms with Gasteiger partial charge in [0.2, 0.25) is 0 Å². The van der Waals surface area contributed by atoms with Gasteiger partial charge in [-0.1, -0.05) is 6.07 Å². The smallest absolute Gasteiger partial charge is 0.266 e. The molecule has 5 nitrogen and oxygen atoms in total. The molecular formula is C17H16F3N5. The molecule has 1 unspecified atom stereocenters. The minimum Gasteiger partial charge on any atom is -0.360 e. The predicted molar refractivity (Wildman–Crippen MR) is 89.0 cm³/mol. The third-order valence-corrected chi connectivity index (χ3v) is 3.77. The molecule has 1 atom stereocenters. The molecule has 1 aromatic carbocycles. The van der Waals surface area contributed by atoms with E-state index < -0.39 is 23.8 Å². The van der Waals surface area contributed by atoms with E-state index in [2.05, 4.69) is 25.6 Å². The minimum atomic E-state index is -2.88. The molecule has 25 heavy (non-hydrogen) atoms. The number of aromatic nitrogens is 3. The molecule has 0 bridgehead atoms. The molecule has 0 radical (unpaired) electrons. The SMILES string of the molecule is CNCC(Nc1ncnc2cccnc12)c1ccc(F)c(C(F)F)c1. The molecule has 0 saturated carbocycles. The maximum absolute atomic E-state index is 13.6. The number of likely N-dealkylation sites (N-methyl/N-ethyl adjacent to an activating group) is 1. The molecule has 3 rings (SSSR count).